The number of methoxy groups -OCH3 is 1. The zero-order chi connectivity index (χ0) is 16.1. The number of hydrogen-bond acceptors (Lipinski definition) is 4. The average molecular weight is 326 g/mol. The van der Waals surface area contributed by atoms with Crippen molar-refractivity contribution < 1.29 is 9.53 Å². The van der Waals surface area contributed by atoms with E-state index in [1.807, 2.05) is 0 Å². The summed E-state index contributed by atoms with van der Waals surface area (Å²) in [6.07, 6.45) is 2.15. The van der Waals surface area contributed by atoms with Crippen LogP contribution in [0, 0.1) is 5.92 Å². The molecular weight excluding hydrogens is 302 g/mol. The van der Waals surface area contributed by atoms with Crippen molar-refractivity contribution in [2.45, 2.75) is 25.8 Å². The number of rotatable bonds is 5. The minimum absolute atomic E-state index is 0.0754. The van der Waals surface area contributed by atoms with Gasteiger partial charge in [0.2, 0.25) is 5.91 Å². The summed E-state index contributed by atoms with van der Waals surface area (Å²) < 4.78 is 5.24. The van der Waals surface area contributed by atoms with Crippen LogP contribution in [0.5, 0.6) is 5.75 Å². The normalized spacial score (nSPS) is 22.4. The first kappa shape index (κ1) is 17.1. The second-order valence-corrected chi connectivity index (χ2v) is 6.32. The van der Waals surface area contributed by atoms with Gasteiger partial charge in [0.25, 0.3) is 0 Å². The minimum Gasteiger partial charge on any atom is -0.495 e. The van der Waals surface area contributed by atoms with Crippen LogP contribution in [0.4, 0.5) is 5.69 Å². The third kappa shape index (κ3) is 4.35. The van der Waals surface area contributed by atoms with Gasteiger partial charge in [-0.15, -0.1) is 0 Å². The Labute approximate surface area is 136 Å². The molecule has 0 bridgehead atoms. The number of ether oxygens (including phenoxy) is 1. The van der Waals surface area contributed by atoms with E-state index < -0.39 is 0 Å². The predicted molar refractivity (Wildman–Crippen MR) is 89.4 cm³/mol. The van der Waals surface area contributed by atoms with Crippen LogP contribution in [0.25, 0.3) is 0 Å². The van der Waals surface area contributed by atoms with E-state index in [-0.39, 0.29) is 11.9 Å². The van der Waals surface area contributed by atoms with Crippen molar-refractivity contribution >= 4 is 23.2 Å². The largest absolute Gasteiger partial charge is 0.495 e. The number of nitrogens with zero attached hydrogens (tertiary/aromatic N) is 1. The summed E-state index contributed by atoms with van der Waals surface area (Å²) in [5, 5.41) is 3.43. The first-order valence-corrected chi connectivity index (χ1v) is 7.98. The lowest BCUT2D eigenvalue weighted by Gasteiger charge is -2.37. The first-order chi connectivity index (χ1) is 10.5. The Balaban J connectivity index is 1.99. The number of carbonyl (C=O) groups is 1. The lowest BCUT2D eigenvalue weighted by atomic mass is 9.92. The van der Waals surface area contributed by atoms with Crippen LogP contribution in [-0.4, -0.2) is 43.6 Å². The lowest BCUT2D eigenvalue weighted by molar-refractivity contribution is -0.118. The number of nitrogens with one attached hydrogen (secondary N) is 1. The molecule has 0 aliphatic carbocycles. The molecule has 2 atom stereocenters. The van der Waals surface area contributed by atoms with E-state index in [1.54, 1.807) is 25.3 Å². The van der Waals surface area contributed by atoms with E-state index in [2.05, 4.69) is 17.1 Å². The van der Waals surface area contributed by atoms with E-state index in [0.29, 0.717) is 35.5 Å². The molecule has 0 saturated carbocycles. The van der Waals surface area contributed by atoms with Gasteiger partial charge in [-0.05, 0) is 43.5 Å². The molecule has 1 amide bonds. The second kappa shape index (κ2) is 7.81. The first-order valence-electron chi connectivity index (χ1n) is 7.61. The number of nitrogens with two attached hydrogens (primary N) is 1. The molecule has 1 heterocycles. The van der Waals surface area contributed by atoms with Crippen molar-refractivity contribution in [1.29, 1.82) is 0 Å². The molecule has 2 rings (SSSR count). The van der Waals surface area contributed by atoms with Gasteiger partial charge in [0.05, 0.1) is 19.3 Å². The summed E-state index contributed by atoms with van der Waals surface area (Å²) >= 11 is 5.98. The topological polar surface area (TPSA) is 67.6 Å². The van der Waals surface area contributed by atoms with E-state index in [0.717, 1.165) is 19.4 Å². The zero-order valence-corrected chi connectivity index (χ0v) is 13.9. The highest BCUT2D eigenvalue weighted by atomic mass is 35.5. The Morgan fingerprint density at radius 2 is 2.32 bits per heavy atom. The molecule has 3 N–H and O–H groups in total. The Bertz CT molecular complexity index is 524. The van der Waals surface area contributed by atoms with Gasteiger partial charge >= 0.3 is 0 Å². The van der Waals surface area contributed by atoms with E-state index in [1.165, 1.54) is 0 Å². The van der Waals surface area contributed by atoms with Gasteiger partial charge in [-0.25, -0.2) is 0 Å². The molecule has 6 heteroatoms. The summed E-state index contributed by atoms with van der Waals surface area (Å²) in [7, 11) is 1.56. The molecule has 1 fully saturated rings. The highest BCUT2D eigenvalue weighted by molar-refractivity contribution is 6.31. The van der Waals surface area contributed by atoms with Gasteiger partial charge in [0, 0.05) is 17.6 Å². The number of amides is 1. The number of hydrogen-bond donors (Lipinski definition) is 2. The van der Waals surface area contributed by atoms with Gasteiger partial charge in [0.15, 0.2) is 0 Å². The van der Waals surface area contributed by atoms with E-state index in [4.69, 9.17) is 22.1 Å². The minimum atomic E-state index is -0.0754. The second-order valence-electron chi connectivity index (χ2n) is 5.88. The van der Waals surface area contributed by atoms with Crippen LogP contribution < -0.4 is 15.8 Å². The average Bonchev–Trinajstić information content (AvgIpc) is 2.49. The number of anilines is 1. The quantitative estimate of drug-likeness (QED) is 0.872. The highest BCUT2D eigenvalue weighted by Crippen LogP contribution is 2.28. The molecule has 1 aromatic carbocycles. The summed E-state index contributed by atoms with van der Waals surface area (Å²) in [4.78, 5) is 14.5. The number of likely N-dealkylation sites (tertiary alicyclic amines) is 1. The Morgan fingerprint density at radius 3 is 3.00 bits per heavy atom. The molecule has 0 aromatic heterocycles. The van der Waals surface area contributed by atoms with Gasteiger partial charge in [-0.2, -0.15) is 0 Å². The van der Waals surface area contributed by atoms with Crippen molar-refractivity contribution in [2.75, 3.05) is 32.1 Å². The van der Waals surface area contributed by atoms with Gasteiger partial charge in [0.1, 0.15) is 5.75 Å². The summed E-state index contributed by atoms with van der Waals surface area (Å²) in [5.74, 6) is 1.19. The van der Waals surface area contributed by atoms with Gasteiger partial charge < -0.3 is 15.8 Å². The van der Waals surface area contributed by atoms with Crippen molar-refractivity contribution in [3.05, 3.63) is 23.2 Å². The maximum atomic E-state index is 12.3. The van der Waals surface area contributed by atoms with Crippen LogP contribution in [0.1, 0.15) is 19.8 Å². The molecule has 1 saturated heterocycles. The third-order valence-corrected chi connectivity index (χ3v) is 4.39. The summed E-state index contributed by atoms with van der Waals surface area (Å²) in [6, 6.07) is 5.43. The number of piperidine rings is 1. The molecule has 22 heavy (non-hydrogen) atoms. The fourth-order valence-corrected chi connectivity index (χ4v) is 3.08. The molecule has 1 aliphatic rings. The van der Waals surface area contributed by atoms with Crippen molar-refractivity contribution in [3.8, 4) is 5.75 Å². The molecule has 122 valence electrons. The molecule has 0 spiro atoms. The standard InChI is InChI=1S/C16H24ClN3O2/c1-11-5-6-20(13(7-11)9-18)10-16(21)19-14-8-12(17)3-4-15(14)22-2/h3-4,8,11,13H,5-7,9-10,18H2,1-2H3,(H,19,21). The van der Waals surface area contributed by atoms with Crippen molar-refractivity contribution in [3.63, 3.8) is 0 Å². The van der Waals surface area contributed by atoms with Crippen LogP contribution in [0.3, 0.4) is 0 Å². The third-order valence-electron chi connectivity index (χ3n) is 4.15. The van der Waals surface area contributed by atoms with Crippen LogP contribution in [0.2, 0.25) is 5.02 Å². The summed E-state index contributed by atoms with van der Waals surface area (Å²) in [5.41, 5.74) is 6.43. The van der Waals surface area contributed by atoms with Crippen LogP contribution in [0.15, 0.2) is 18.2 Å². The SMILES string of the molecule is COc1ccc(Cl)cc1NC(=O)CN1CCC(C)CC1CN. The van der Waals surface area contributed by atoms with Crippen LogP contribution in [-0.2, 0) is 4.79 Å². The smallest absolute Gasteiger partial charge is 0.238 e. The predicted octanol–water partition coefficient (Wildman–Crippen LogP) is 2.35. The molecule has 1 aromatic rings. The Kier molecular flexibility index (Phi) is 6.06. The molecule has 5 nitrogen and oxygen atoms in total. The van der Waals surface area contributed by atoms with E-state index in [9.17, 15) is 4.79 Å². The van der Waals surface area contributed by atoms with E-state index >= 15 is 0 Å². The molecule has 0 radical (unpaired) electrons. The van der Waals surface area contributed by atoms with Crippen molar-refractivity contribution in [1.82, 2.24) is 4.90 Å². The zero-order valence-electron chi connectivity index (χ0n) is 13.1. The van der Waals surface area contributed by atoms with Gasteiger partial charge in [-0.3, -0.25) is 9.69 Å². The fraction of sp³-hybridized carbons (Fsp3) is 0.562. The lowest BCUT2D eigenvalue weighted by Crippen LogP contribution is -2.49. The molecular formula is C16H24ClN3O2. The Morgan fingerprint density at radius 1 is 1.55 bits per heavy atom. The summed E-state index contributed by atoms with van der Waals surface area (Å²) in [6.45, 7) is 4.06. The number of halogens is 1. The maximum Gasteiger partial charge on any atom is 0.238 e. The maximum absolute atomic E-state index is 12.3. The van der Waals surface area contributed by atoms with Crippen molar-refractivity contribution in [2.24, 2.45) is 11.7 Å². The fourth-order valence-electron chi connectivity index (χ4n) is 2.91. The monoisotopic (exact) mass is 325 g/mol. The number of benzene rings is 1. The van der Waals surface area contributed by atoms with Crippen LogP contribution >= 0.6 is 11.6 Å². The molecule has 2 unspecified atom stereocenters. The van der Waals surface area contributed by atoms with Gasteiger partial charge in [-0.1, -0.05) is 18.5 Å². The highest BCUT2D eigenvalue weighted by Gasteiger charge is 2.26. The Hall–Kier alpha value is -1.30. The molecule has 1 aliphatic heterocycles. The number of carbonyl (C=O) groups excluding carboxylic acids is 1.